The third kappa shape index (κ3) is 4.24. The van der Waals surface area contributed by atoms with Gasteiger partial charge in [-0.15, -0.1) is 10.2 Å². The Morgan fingerprint density at radius 2 is 2.12 bits per heavy atom. The van der Waals surface area contributed by atoms with Gasteiger partial charge in [-0.3, -0.25) is 9.78 Å². The van der Waals surface area contributed by atoms with Crippen LogP contribution in [0.4, 0.5) is 5.69 Å². The van der Waals surface area contributed by atoms with E-state index in [1.54, 1.807) is 30.4 Å². The molecule has 3 aromatic rings. The summed E-state index contributed by atoms with van der Waals surface area (Å²) < 4.78 is 1.88. The minimum Gasteiger partial charge on any atom is -0.321 e. The van der Waals surface area contributed by atoms with Gasteiger partial charge in [-0.1, -0.05) is 30.0 Å². The van der Waals surface area contributed by atoms with Gasteiger partial charge in [0.2, 0.25) is 0 Å². The third-order valence-electron chi connectivity index (χ3n) is 3.71. The van der Waals surface area contributed by atoms with Gasteiger partial charge in [-0.2, -0.15) is 0 Å². The SMILES string of the molecule is Cc1ccc(C(=O)Nc2cccc(C(C)Sc3nncn3C)c2)nc1. The summed E-state index contributed by atoms with van der Waals surface area (Å²) in [6.45, 7) is 4.04. The van der Waals surface area contributed by atoms with E-state index in [1.807, 2.05) is 48.9 Å². The average molecular weight is 353 g/mol. The molecule has 1 atom stereocenters. The Bertz CT molecular complexity index is 875. The molecule has 0 aliphatic carbocycles. The Morgan fingerprint density at radius 3 is 2.80 bits per heavy atom. The van der Waals surface area contributed by atoms with Gasteiger partial charge in [0, 0.05) is 24.2 Å². The fourth-order valence-corrected chi connectivity index (χ4v) is 3.18. The van der Waals surface area contributed by atoms with Crippen molar-refractivity contribution < 1.29 is 4.79 Å². The van der Waals surface area contributed by atoms with Crippen LogP contribution < -0.4 is 5.32 Å². The summed E-state index contributed by atoms with van der Waals surface area (Å²) in [7, 11) is 1.92. The Labute approximate surface area is 150 Å². The molecule has 6 nitrogen and oxygen atoms in total. The highest BCUT2D eigenvalue weighted by Crippen LogP contribution is 2.34. The van der Waals surface area contributed by atoms with Gasteiger partial charge in [0.15, 0.2) is 5.16 Å². The number of benzene rings is 1. The number of nitrogens with zero attached hydrogens (tertiary/aromatic N) is 4. The molecule has 128 valence electrons. The molecular formula is C18H19N5OS. The lowest BCUT2D eigenvalue weighted by Crippen LogP contribution is -2.13. The van der Waals surface area contributed by atoms with Crippen LogP contribution in [0.15, 0.2) is 54.1 Å². The molecule has 0 fully saturated rings. The van der Waals surface area contributed by atoms with E-state index < -0.39 is 0 Å². The van der Waals surface area contributed by atoms with Gasteiger partial charge >= 0.3 is 0 Å². The second kappa shape index (κ2) is 7.48. The van der Waals surface area contributed by atoms with Crippen molar-refractivity contribution in [2.75, 3.05) is 5.32 Å². The molecule has 1 unspecified atom stereocenters. The molecule has 1 N–H and O–H groups in total. The molecule has 7 heteroatoms. The number of carbonyl (C=O) groups is 1. The maximum Gasteiger partial charge on any atom is 0.274 e. The molecule has 3 rings (SSSR count). The van der Waals surface area contributed by atoms with Gasteiger partial charge in [0.25, 0.3) is 5.91 Å². The van der Waals surface area contributed by atoms with Crippen molar-refractivity contribution in [3.8, 4) is 0 Å². The lowest BCUT2D eigenvalue weighted by atomic mass is 10.1. The lowest BCUT2D eigenvalue weighted by Gasteiger charge is -2.13. The monoisotopic (exact) mass is 353 g/mol. The van der Waals surface area contributed by atoms with E-state index in [4.69, 9.17) is 0 Å². The molecular weight excluding hydrogens is 334 g/mol. The second-order valence-electron chi connectivity index (χ2n) is 5.78. The van der Waals surface area contributed by atoms with E-state index in [2.05, 4.69) is 27.4 Å². The van der Waals surface area contributed by atoms with Crippen LogP contribution in [-0.2, 0) is 7.05 Å². The van der Waals surface area contributed by atoms with Crippen LogP contribution in [0, 0.1) is 6.92 Å². The van der Waals surface area contributed by atoms with Crippen molar-refractivity contribution in [1.29, 1.82) is 0 Å². The molecule has 0 saturated heterocycles. The van der Waals surface area contributed by atoms with Crippen molar-refractivity contribution in [3.63, 3.8) is 0 Å². The number of carbonyl (C=O) groups excluding carboxylic acids is 1. The number of rotatable bonds is 5. The first-order valence-electron chi connectivity index (χ1n) is 7.87. The topological polar surface area (TPSA) is 72.7 Å². The first-order valence-corrected chi connectivity index (χ1v) is 8.75. The Morgan fingerprint density at radius 1 is 1.28 bits per heavy atom. The summed E-state index contributed by atoms with van der Waals surface area (Å²) in [5.74, 6) is -0.217. The number of anilines is 1. The highest BCUT2D eigenvalue weighted by Gasteiger charge is 2.13. The number of amides is 1. The van der Waals surface area contributed by atoms with Gasteiger partial charge in [-0.05, 0) is 43.2 Å². The molecule has 0 aliphatic heterocycles. The third-order valence-corrected chi connectivity index (χ3v) is 4.92. The van der Waals surface area contributed by atoms with E-state index in [1.165, 1.54) is 0 Å². The molecule has 0 bridgehead atoms. The van der Waals surface area contributed by atoms with Crippen molar-refractivity contribution in [2.45, 2.75) is 24.3 Å². The van der Waals surface area contributed by atoms with Crippen molar-refractivity contribution in [2.24, 2.45) is 7.05 Å². The molecule has 0 aliphatic rings. The summed E-state index contributed by atoms with van der Waals surface area (Å²) in [6.07, 6.45) is 3.37. The summed E-state index contributed by atoms with van der Waals surface area (Å²) >= 11 is 1.62. The zero-order chi connectivity index (χ0) is 17.8. The van der Waals surface area contributed by atoms with Crippen LogP contribution in [0.1, 0.15) is 33.8 Å². The Kier molecular flexibility index (Phi) is 5.14. The minimum atomic E-state index is -0.217. The molecule has 0 spiro atoms. The first-order chi connectivity index (χ1) is 12.0. The maximum absolute atomic E-state index is 12.3. The summed E-state index contributed by atoms with van der Waals surface area (Å²) in [6, 6.07) is 11.4. The average Bonchev–Trinajstić information content (AvgIpc) is 3.00. The van der Waals surface area contributed by atoms with Crippen molar-refractivity contribution in [1.82, 2.24) is 19.7 Å². The molecule has 1 aromatic carbocycles. The molecule has 0 radical (unpaired) electrons. The number of hydrogen-bond acceptors (Lipinski definition) is 5. The minimum absolute atomic E-state index is 0.178. The zero-order valence-electron chi connectivity index (χ0n) is 14.3. The second-order valence-corrected chi connectivity index (χ2v) is 7.09. The normalized spacial score (nSPS) is 12.0. The quantitative estimate of drug-likeness (QED) is 0.709. The van der Waals surface area contributed by atoms with Gasteiger partial charge in [-0.25, -0.2) is 0 Å². The number of aromatic nitrogens is 4. The van der Waals surface area contributed by atoms with E-state index in [-0.39, 0.29) is 11.2 Å². The zero-order valence-corrected chi connectivity index (χ0v) is 15.1. The van der Waals surface area contributed by atoms with Crippen molar-refractivity contribution >= 4 is 23.4 Å². The van der Waals surface area contributed by atoms with E-state index in [0.29, 0.717) is 5.69 Å². The largest absolute Gasteiger partial charge is 0.321 e. The van der Waals surface area contributed by atoms with Crippen LogP contribution in [0.5, 0.6) is 0 Å². The molecule has 25 heavy (non-hydrogen) atoms. The van der Waals surface area contributed by atoms with Crippen LogP contribution in [-0.4, -0.2) is 25.7 Å². The highest BCUT2D eigenvalue weighted by molar-refractivity contribution is 7.99. The predicted molar refractivity (Wildman–Crippen MR) is 98.6 cm³/mol. The van der Waals surface area contributed by atoms with Crippen LogP contribution in [0.3, 0.4) is 0 Å². The predicted octanol–water partition coefficient (Wildman–Crippen LogP) is 3.62. The van der Waals surface area contributed by atoms with Crippen LogP contribution in [0.2, 0.25) is 0 Å². The molecule has 0 saturated carbocycles. The lowest BCUT2D eigenvalue weighted by molar-refractivity contribution is 0.102. The first kappa shape index (κ1) is 17.2. The van der Waals surface area contributed by atoms with Crippen molar-refractivity contribution in [3.05, 3.63) is 65.7 Å². The van der Waals surface area contributed by atoms with Gasteiger partial charge in [0.1, 0.15) is 12.0 Å². The smallest absolute Gasteiger partial charge is 0.274 e. The number of nitrogens with one attached hydrogen (secondary N) is 1. The standard InChI is InChI=1S/C18H19N5OS/c1-12-7-8-16(19-10-12)17(24)21-15-6-4-5-14(9-15)13(2)25-18-22-20-11-23(18)3/h4-11,13H,1-3H3,(H,21,24). The van der Waals surface area contributed by atoms with E-state index in [9.17, 15) is 4.79 Å². The number of aryl methyl sites for hydroxylation is 2. The summed E-state index contributed by atoms with van der Waals surface area (Å²) in [4.78, 5) is 16.5. The van der Waals surface area contributed by atoms with Crippen LogP contribution >= 0.6 is 11.8 Å². The van der Waals surface area contributed by atoms with E-state index in [0.717, 1.165) is 22.0 Å². The van der Waals surface area contributed by atoms with Crippen LogP contribution in [0.25, 0.3) is 0 Å². The Balaban J connectivity index is 1.71. The number of pyridine rings is 1. The van der Waals surface area contributed by atoms with Gasteiger partial charge in [0.05, 0.1) is 0 Å². The number of hydrogen-bond donors (Lipinski definition) is 1. The molecule has 1 amide bonds. The fraction of sp³-hybridized carbons (Fsp3) is 0.222. The number of thioether (sulfide) groups is 1. The highest BCUT2D eigenvalue weighted by atomic mass is 32.2. The fourth-order valence-electron chi connectivity index (χ4n) is 2.27. The summed E-state index contributed by atoms with van der Waals surface area (Å²) in [5.41, 5.74) is 3.27. The maximum atomic E-state index is 12.3. The Hall–Kier alpha value is -2.67. The van der Waals surface area contributed by atoms with Gasteiger partial charge < -0.3 is 9.88 Å². The molecule has 2 heterocycles. The van der Waals surface area contributed by atoms with E-state index >= 15 is 0 Å². The molecule has 2 aromatic heterocycles. The summed E-state index contributed by atoms with van der Waals surface area (Å²) in [5, 5.41) is 11.9.